The fourth-order valence-electron chi connectivity index (χ4n) is 2.40. The number of halogens is 1. The molecule has 0 aromatic heterocycles. The second-order valence-electron chi connectivity index (χ2n) is 4.69. The Bertz CT molecular complexity index is 605. The van der Waals surface area contributed by atoms with Crippen LogP contribution in [0, 0.1) is 15.9 Å². The predicted molar refractivity (Wildman–Crippen MR) is 71.2 cm³/mol. The van der Waals surface area contributed by atoms with Gasteiger partial charge in [0.05, 0.1) is 4.92 Å². The van der Waals surface area contributed by atoms with Gasteiger partial charge in [-0.05, 0) is 25.0 Å². The van der Waals surface area contributed by atoms with Crippen molar-refractivity contribution in [2.75, 3.05) is 13.6 Å². The normalized spacial score (nSPS) is 17.6. The average molecular weight is 295 g/mol. The maximum absolute atomic E-state index is 13.6. The fraction of sp³-hybridized carbons (Fsp3) is 0.385. The third-order valence-corrected chi connectivity index (χ3v) is 3.45. The molecule has 2 rings (SSSR count). The molecule has 7 nitrogen and oxygen atoms in total. The van der Waals surface area contributed by atoms with Gasteiger partial charge >= 0.3 is 5.69 Å². The molecule has 21 heavy (non-hydrogen) atoms. The molecule has 0 aliphatic carbocycles. The summed E-state index contributed by atoms with van der Waals surface area (Å²) in [5, 5.41) is 13.0. The molecule has 0 radical (unpaired) electrons. The van der Waals surface area contributed by atoms with Crippen molar-refractivity contribution in [1.82, 2.24) is 10.2 Å². The van der Waals surface area contributed by atoms with E-state index < -0.39 is 28.4 Å². The number of nitrogens with zero attached hydrogens (tertiary/aromatic N) is 2. The van der Waals surface area contributed by atoms with Gasteiger partial charge in [0.25, 0.3) is 5.91 Å². The van der Waals surface area contributed by atoms with Crippen LogP contribution in [0.15, 0.2) is 18.2 Å². The molecule has 1 fully saturated rings. The quantitative estimate of drug-likeness (QED) is 0.667. The summed E-state index contributed by atoms with van der Waals surface area (Å²) in [4.78, 5) is 35.1. The Labute approximate surface area is 119 Å². The fourth-order valence-corrected chi connectivity index (χ4v) is 2.40. The summed E-state index contributed by atoms with van der Waals surface area (Å²) in [5.74, 6) is -1.85. The highest BCUT2D eigenvalue weighted by atomic mass is 19.1. The van der Waals surface area contributed by atoms with Crippen LogP contribution in [0.5, 0.6) is 0 Å². The maximum atomic E-state index is 13.6. The molecule has 1 atom stereocenters. The number of carbonyl (C=O) groups is 2. The van der Waals surface area contributed by atoms with E-state index in [1.165, 1.54) is 18.0 Å². The molecular formula is C13H14FN3O4. The van der Waals surface area contributed by atoms with E-state index in [1.807, 2.05) is 0 Å². The van der Waals surface area contributed by atoms with Gasteiger partial charge in [-0.2, -0.15) is 4.39 Å². The minimum absolute atomic E-state index is 0.00565. The molecule has 0 saturated carbocycles. The lowest BCUT2D eigenvalue weighted by Gasteiger charge is -2.23. The topological polar surface area (TPSA) is 92.6 Å². The summed E-state index contributed by atoms with van der Waals surface area (Å²) in [6.07, 6.45) is 1.22. The number of rotatable bonds is 3. The number of hydrogen-bond donors (Lipinski definition) is 1. The molecule has 1 aromatic rings. The van der Waals surface area contributed by atoms with E-state index in [9.17, 15) is 24.1 Å². The summed E-state index contributed by atoms with van der Waals surface area (Å²) in [7, 11) is 1.48. The number of carbonyl (C=O) groups excluding carboxylic acids is 2. The first-order valence-corrected chi connectivity index (χ1v) is 6.42. The zero-order valence-corrected chi connectivity index (χ0v) is 11.3. The summed E-state index contributed by atoms with van der Waals surface area (Å²) < 4.78 is 13.6. The van der Waals surface area contributed by atoms with E-state index in [0.717, 1.165) is 12.1 Å². The zero-order chi connectivity index (χ0) is 15.6. The number of nitro groups is 1. The van der Waals surface area contributed by atoms with Crippen molar-refractivity contribution in [2.24, 2.45) is 0 Å². The van der Waals surface area contributed by atoms with Gasteiger partial charge in [-0.25, -0.2) is 0 Å². The Balaban J connectivity index is 2.25. The SMILES string of the molecule is CNC(=O)C1CCCN1C(=O)c1ccc([N+](=O)[O-])c(F)c1. The van der Waals surface area contributed by atoms with Crippen LogP contribution in [0.3, 0.4) is 0 Å². The summed E-state index contributed by atoms with van der Waals surface area (Å²) >= 11 is 0. The van der Waals surface area contributed by atoms with Crippen LogP contribution in [-0.2, 0) is 4.79 Å². The second kappa shape index (κ2) is 5.86. The lowest BCUT2D eigenvalue weighted by molar-refractivity contribution is -0.387. The first kappa shape index (κ1) is 14.9. The largest absolute Gasteiger partial charge is 0.357 e. The minimum atomic E-state index is -1.07. The second-order valence-corrected chi connectivity index (χ2v) is 4.69. The summed E-state index contributed by atoms with van der Waals surface area (Å²) in [6.45, 7) is 0.398. The zero-order valence-electron chi connectivity index (χ0n) is 11.3. The summed E-state index contributed by atoms with van der Waals surface area (Å²) in [6, 6.07) is 2.40. The van der Waals surface area contributed by atoms with Crippen LogP contribution in [0.4, 0.5) is 10.1 Å². The van der Waals surface area contributed by atoms with Gasteiger partial charge in [-0.1, -0.05) is 0 Å². The molecule has 1 unspecified atom stereocenters. The smallest absolute Gasteiger partial charge is 0.304 e. The highest BCUT2D eigenvalue weighted by Gasteiger charge is 2.34. The number of nitrogens with one attached hydrogen (secondary N) is 1. The molecular weight excluding hydrogens is 281 g/mol. The first-order valence-electron chi connectivity index (χ1n) is 6.42. The van der Waals surface area contributed by atoms with Gasteiger partial charge in [-0.3, -0.25) is 19.7 Å². The Hall–Kier alpha value is -2.51. The highest BCUT2D eigenvalue weighted by molar-refractivity contribution is 5.98. The first-order chi connectivity index (χ1) is 9.95. The van der Waals surface area contributed by atoms with Crippen LogP contribution < -0.4 is 5.32 Å². The van der Waals surface area contributed by atoms with Gasteiger partial charge in [0, 0.05) is 25.2 Å². The van der Waals surface area contributed by atoms with E-state index in [0.29, 0.717) is 19.4 Å². The molecule has 1 saturated heterocycles. The van der Waals surface area contributed by atoms with Crippen LogP contribution in [-0.4, -0.2) is 41.3 Å². The Morgan fingerprint density at radius 2 is 2.19 bits per heavy atom. The van der Waals surface area contributed by atoms with Crippen LogP contribution in [0.2, 0.25) is 0 Å². The lowest BCUT2D eigenvalue weighted by Crippen LogP contribution is -2.44. The third-order valence-electron chi connectivity index (χ3n) is 3.45. The molecule has 1 aliphatic heterocycles. The van der Waals surface area contributed by atoms with E-state index in [1.54, 1.807) is 0 Å². The van der Waals surface area contributed by atoms with E-state index >= 15 is 0 Å². The van der Waals surface area contributed by atoms with Crippen molar-refractivity contribution >= 4 is 17.5 Å². The van der Waals surface area contributed by atoms with Crippen molar-refractivity contribution in [3.05, 3.63) is 39.7 Å². The number of likely N-dealkylation sites (N-methyl/N-ethyl adjacent to an activating group) is 1. The molecule has 1 heterocycles. The van der Waals surface area contributed by atoms with Crippen molar-refractivity contribution < 1.29 is 18.9 Å². The number of likely N-dealkylation sites (tertiary alicyclic amines) is 1. The van der Waals surface area contributed by atoms with Gasteiger partial charge < -0.3 is 10.2 Å². The number of benzene rings is 1. The highest BCUT2D eigenvalue weighted by Crippen LogP contribution is 2.23. The van der Waals surface area contributed by atoms with Crippen LogP contribution in [0.25, 0.3) is 0 Å². The Kier molecular flexibility index (Phi) is 4.15. The molecule has 2 amide bonds. The van der Waals surface area contributed by atoms with Crippen LogP contribution >= 0.6 is 0 Å². The molecule has 1 aromatic carbocycles. The van der Waals surface area contributed by atoms with Crippen LogP contribution in [0.1, 0.15) is 23.2 Å². The van der Waals surface area contributed by atoms with E-state index in [2.05, 4.69) is 5.32 Å². The standard InChI is InChI=1S/C13H14FN3O4/c1-15-12(18)11-3-2-6-16(11)13(19)8-4-5-10(17(20)21)9(14)7-8/h4-5,7,11H,2-3,6H2,1H3,(H,15,18). The minimum Gasteiger partial charge on any atom is -0.357 e. The average Bonchev–Trinajstić information content (AvgIpc) is 2.94. The predicted octanol–water partition coefficient (Wildman–Crippen LogP) is 1.08. The van der Waals surface area contributed by atoms with Crippen molar-refractivity contribution in [1.29, 1.82) is 0 Å². The van der Waals surface area contributed by atoms with Crippen molar-refractivity contribution in [3.8, 4) is 0 Å². The Morgan fingerprint density at radius 3 is 2.76 bits per heavy atom. The summed E-state index contributed by atoms with van der Waals surface area (Å²) in [5.41, 5.74) is -0.690. The number of amides is 2. The van der Waals surface area contributed by atoms with Gasteiger partial charge in [0.1, 0.15) is 6.04 Å². The van der Waals surface area contributed by atoms with Crippen molar-refractivity contribution in [3.63, 3.8) is 0 Å². The van der Waals surface area contributed by atoms with Gasteiger partial charge in [0.2, 0.25) is 11.7 Å². The molecule has 0 spiro atoms. The number of hydrogen-bond acceptors (Lipinski definition) is 4. The van der Waals surface area contributed by atoms with E-state index in [-0.39, 0.29) is 11.5 Å². The molecule has 0 bridgehead atoms. The van der Waals surface area contributed by atoms with E-state index in [4.69, 9.17) is 0 Å². The molecule has 1 N–H and O–H groups in total. The monoisotopic (exact) mass is 295 g/mol. The third kappa shape index (κ3) is 2.83. The molecule has 112 valence electrons. The molecule has 8 heteroatoms. The van der Waals surface area contributed by atoms with Gasteiger partial charge in [-0.15, -0.1) is 0 Å². The van der Waals surface area contributed by atoms with Gasteiger partial charge in [0.15, 0.2) is 0 Å². The van der Waals surface area contributed by atoms with Crippen molar-refractivity contribution in [2.45, 2.75) is 18.9 Å². The maximum Gasteiger partial charge on any atom is 0.304 e. The number of nitro benzene ring substituents is 1. The Morgan fingerprint density at radius 1 is 1.48 bits per heavy atom. The molecule has 1 aliphatic rings. The lowest BCUT2D eigenvalue weighted by atomic mass is 10.1.